The van der Waals surface area contributed by atoms with Crippen molar-refractivity contribution < 1.29 is 34.5 Å². The Morgan fingerprint density at radius 2 is 1.91 bits per heavy atom. The number of hydrogen-bond acceptors (Lipinski definition) is 8. The molecule has 23 heavy (non-hydrogen) atoms. The number of hydrogen-bond donors (Lipinski definition) is 3. The van der Waals surface area contributed by atoms with Crippen LogP contribution in [-0.2, 0) is 20.8 Å². The summed E-state index contributed by atoms with van der Waals surface area (Å²) in [6.45, 7) is -0.184. The van der Waals surface area contributed by atoms with Gasteiger partial charge in [-0.15, -0.1) is 0 Å². The first-order valence-electron chi connectivity index (χ1n) is 6.98. The van der Waals surface area contributed by atoms with Crippen molar-refractivity contribution in [3.05, 3.63) is 39.9 Å². The van der Waals surface area contributed by atoms with Gasteiger partial charge < -0.3 is 29.5 Å². The van der Waals surface area contributed by atoms with Gasteiger partial charge in [0.15, 0.2) is 6.29 Å². The number of nitro benzene ring substituents is 1. The molecule has 1 fully saturated rings. The second-order valence-corrected chi connectivity index (χ2v) is 5.15. The molecule has 5 atom stereocenters. The van der Waals surface area contributed by atoms with Crippen molar-refractivity contribution in [1.29, 1.82) is 0 Å². The molecule has 0 amide bonds. The minimum atomic E-state index is -1.44. The number of rotatable bonds is 6. The number of aliphatic hydroxyl groups is 3. The number of nitro groups is 1. The van der Waals surface area contributed by atoms with Crippen LogP contribution in [0.4, 0.5) is 5.69 Å². The highest BCUT2D eigenvalue weighted by molar-refractivity contribution is 5.39. The van der Waals surface area contributed by atoms with Gasteiger partial charge in [-0.3, -0.25) is 10.1 Å². The number of para-hydroxylation sites is 1. The molecule has 9 heteroatoms. The molecular weight excluding hydrogens is 310 g/mol. The smallest absolute Gasteiger partial charge is 0.274 e. The lowest BCUT2D eigenvalue weighted by atomic mass is 9.99. The van der Waals surface area contributed by atoms with E-state index in [0.717, 1.165) is 0 Å². The lowest BCUT2D eigenvalue weighted by Gasteiger charge is -2.39. The molecule has 1 heterocycles. The largest absolute Gasteiger partial charge is 0.387 e. The summed E-state index contributed by atoms with van der Waals surface area (Å²) >= 11 is 0. The van der Waals surface area contributed by atoms with Crippen LogP contribution in [0.3, 0.4) is 0 Å². The maximum atomic E-state index is 10.9. The minimum Gasteiger partial charge on any atom is -0.387 e. The van der Waals surface area contributed by atoms with Crippen molar-refractivity contribution in [1.82, 2.24) is 0 Å². The van der Waals surface area contributed by atoms with Crippen LogP contribution in [-0.4, -0.2) is 64.7 Å². The van der Waals surface area contributed by atoms with Crippen LogP contribution in [0.25, 0.3) is 0 Å². The third-order valence-electron chi connectivity index (χ3n) is 3.63. The zero-order valence-electron chi connectivity index (χ0n) is 12.4. The number of nitrogens with zero attached hydrogens (tertiary/aromatic N) is 1. The molecule has 1 saturated heterocycles. The van der Waals surface area contributed by atoms with Crippen molar-refractivity contribution in [3.63, 3.8) is 0 Å². The van der Waals surface area contributed by atoms with Gasteiger partial charge in [-0.2, -0.15) is 0 Å². The third kappa shape index (κ3) is 4.02. The van der Waals surface area contributed by atoms with Gasteiger partial charge in [-0.1, -0.05) is 12.1 Å². The lowest BCUT2D eigenvalue weighted by molar-refractivity contribution is -0.386. The fourth-order valence-corrected chi connectivity index (χ4v) is 2.35. The van der Waals surface area contributed by atoms with Crippen molar-refractivity contribution in [3.8, 4) is 0 Å². The van der Waals surface area contributed by atoms with Crippen molar-refractivity contribution in [2.24, 2.45) is 0 Å². The average Bonchev–Trinajstić information content (AvgIpc) is 2.55. The third-order valence-corrected chi connectivity index (χ3v) is 3.63. The molecular formula is C14H19NO8. The highest BCUT2D eigenvalue weighted by Gasteiger charge is 2.43. The predicted molar refractivity (Wildman–Crippen MR) is 76.4 cm³/mol. The van der Waals surface area contributed by atoms with Crippen molar-refractivity contribution >= 4 is 5.69 Å². The summed E-state index contributed by atoms with van der Waals surface area (Å²) in [5, 5.41) is 40.2. The zero-order valence-corrected chi connectivity index (χ0v) is 12.4. The van der Waals surface area contributed by atoms with Gasteiger partial charge in [0.2, 0.25) is 0 Å². The van der Waals surface area contributed by atoms with Crippen LogP contribution in [0.5, 0.6) is 0 Å². The summed E-state index contributed by atoms with van der Waals surface area (Å²) in [4.78, 5) is 10.4. The first-order valence-corrected chi connectivity index (χ1v) is 6.98. The topological polar surface area (TPSA) is 132 Å². The Labute approximate surface area is 132 Å². The average molecular weight is 329 g/mol. The molecule has 0 unspecified atom stereocenters. The Kier molecular flexibility index (Phi) is 5.99. The van der Waals surface area contributed by atoms with E-state index >= 15 is 0 Å². The Bertz CT molecular complexity index is 537. The normalized spacial score (nSPS) is 31.0. The van der Waals surface area contributed by atoms with E-state index < -0.39 is 35.6 Å². The Hall–Kier alpha value is -1.62. The monoisotopic (exact) mass is 329 g/mol. The molecule has 0 aliphatic carbocycles. The number of methoxy groups -OCH3 is 1. The van der Waals surface area contributed by atoms with Gasteiger partial charge in [-0.25, -0.2) is 0 Å². The maximum absolute atomic E-state index is 10.9. The molecule has 0 spiro atoms. The van der Waals surface area contributed by atoms with Crippen molar-refractivity contribution in [2.75, 3.05) is 13.7 Å². The van der Waals surface area contributed by atoms with Crippen LogP contribution in [0.2, 0.25) is 0 Å². The predicted octanol–water partition coefficient (Wildman–Crippen LogP) is -0.435. The van der Waals surface area contributed by atoms with E-state index in [9.17, 15) is 25.4 Å². The molecule has 0 aromatic heterocycles. The summed E-state index contributed by atoms with van der Waals surface area (Å²) in [5.41, 5.74) is 0.314. The summed E-state index contributed by atoms with van der Waals surface area (Å²) in [5.74, 6) is 0. The number of aliphatic hydroxyl groups excluding tert-OH is 3. The van der Waals surface area contributed by atoms with Crippen LogP contribution in [0.1, 0.15) is 5.56 Å². The fourth-order valence-electron chi connectivity index (χ4n) is 2.35. The molecule has 0 bridgehead atoms. The number of benzene rings is 1. The summed E-state index contributed by atoms with van der Waals surface area (Å²) in [6.07, 6.45) is -6.19. The summed E-state index contributed by atoms with van der Waals surface area (Å²) in [7, 11) is 1.30. The second kappa shape index (κ2) is 7.77. The lowest BCUT2D eigenvalue weighted by Crippen LogP contribution is -2.59. The highest BCUT2D eigenvalue weighted by Crippen LogP contribution is 2.23. The molecule has 2 rings (SSSR count). The van der Waals surface area contributed by atoms with E-state index in [2.05, 4.69) is 0 Å². The Balaban J connectivity index is 1.94. The molecule has 1 aliphatic heterocycles. The molecule has 1 aromatic carbocycles. The van der Waals surface area contributed by atoms with E-state index in [1.54, 1.807) is 18.2 Å². The quantitative estimate of drug-likeness (QED) is 0.473. The Morgan fingerprint density at radius 1 is 1.22 bits per heavy atom. The highest BCUT2D eigenvalue weighted by atomic mass is 16.7. The molecule has 1 aliphatic rings. The molecule has 0 radical (unpaired) electrons. The minimum absolute atomic E-state index is 0.0555. The zero-order chi connectivity index (χ0) is 17.0. The van der Waals surface area contributed by atoms with Crippen LogP contribution < -0.4 is 0 Å². The van der Waals surface area contributed by atoms with E-state index in [1.807, 2.05) is 0 Å². The first-order chi connectivity index (χ1) is 11.0. The van der Waals surface area contributed by atoms with E-state index in [0.29, 0.717) is 5.56 Å². The van der Waals surface area contributed by atoms with Crippen LogP contribution in [0.15, 0.2) is 24.3 Å². The number of ether oxygens (including phenoxy) is 3. The van der Waals surface area contributed by atoms with Gasteiger partial charge >= 0.3 is 0 Å². The standard InChI is InChI=1S/C14H19NO8/c1-21-14-13(18)12(17)11(16)10(23-14)7-22-6-8-4-2-3-5-9(8)15(19)20/h2-5,10-14,16-18H,6-7H2,1H3/t10-,11-,12+,13-,14+/m1/s1. The Morgan fingerprint density at radius 3 is 2.57 bits per heavy atom. The molecule has 3 N–H and O–H groups in total. The van der Waals surface area contributed by atoms with Gasteiger partial charge in [-0.05, 0) is 6.07 Å². The SMILES string of the molecule is CO[C@H]1O[C@H](COCc2ccccc2[N+](=O)[O-])[C@@H](O)[C@H](O)[C@H]1O. The van der Waals surface area contributed by atoms with E-state index in [-0.39, 0.29) is 18.9 Å². The maximum Gasteiger partial charge on any atom is 0.274 e. The fraction of sp³-hybridized carbons (Fsp3) is 0.571. The van der Waals surface area contributed by atoms with Gasteiger partial charge in [0, 0.05) is 13.2 Å². The van der Waals surface area contributed by atoms with Gasteiger partial charge in [0.25, 0.3) is 5.69 Å². The van der Waals surface area contributed by atoms with E-state index in [1.165, 1.54) is 13.2 Å². The second-order valence-electron chi connectivity index (χ2n) is 5.15. The molecule has 128 valence electrons. The van der Waals surface area contributed by atoms with Gasteiger partial charge in [0.1, 0.15) is 24.4 Å². The molecule has 9 nitrogen and oxygen atoms in total. The van der Waals surface area contributed by atoms with Crippen LogP contribution >= 0.6 is 0 Å². The summed E-state index contributed by atoms with van der Waals surface area (Å²) in [6, 6.07) is 6.13. The van der Waals surface area contributed by atoms with Crippen molar-refractivity contribution in [2.45, 2.75) is 37.3 Å². The molecule has 0 saturated carbocycles. The molecule has 1 aromatic rings. The van der Waals surface area contributed by atoms with E-state index in [4.69, 9.17) is 14.2 Å². The van der Waals surface area contributed by atoms with Crippen LogP contribution in [0, 0.1) is 10.1 Å². The summed E-state index contributed by atoms with van der Waals surface area (Å²) < 4.78 is 15.5. The first kappa shape index (κ1) is 17.7. The van der Waals surface area contributed by atoms with Gasteiger partial charge in [0.05, 0.1) is 23.7 Å².